The topological polar surface area (TPSA) is 71.1 Å². The molecule has 2 atom stereocenters. The Morgan fingerprint density at radius 2 is 1.14 bits per heavy atom. The van der Waals surface area contributed by atoms with Gasteiger partial charge in [0.1, 0.15) is 0 Å². The molecule has 0 aliphatic carbocycles. The third-order valence-electron chi connectivity index (χ3n) is 4.55. The first-order valence-corrected chi connectivity index (χ1v) is 18.4. The average Bonchev–Trinajstić information content (AvgIpc) is 2.71. The van der Waals surface area contributed by atoms with Crippen LogP contribution in [0.3, 0.4) is 0 Å². The normalized spacial score (nSPS) is 13.7. The van der Waals surface area contributed by atoms with E-state index in [1.807, 2.05) is 13.8 Å². The Morgan fingerprint density at radius 1 is 0.759 bits per heavy atom. The zero-order chi connectivity index (χ0) is 22.1. The molecule has 172 valence electrons. The van der Waals surface area contributed by atoms with E-state index in [0.717, 1.165) is 25.7 Å². The number of unbranched alkanes of at least 4 members (excludes halogenated alkanes) is 2. The molecule has 0 rings (SSSR count). The number of carbonyl (C=O) groups is 2. The van der Waals surface area contributed by atoms with Crippen LogP contribution in [0.2, 0.25) is 8.87 Å². The minimum atomic E-state index is -4.00. The third kappa shape index (κ3) is 12.1. The van der Waals surface area contributed by atoms with Crippen LogP contribution < -0.4 is 0 Å². The molecule has 0 aromatic rings. The van der Waals surface area contributed by atoms with Crippen molar-refractivity contribution in [1.29, 1.82) is 0 Å². The van der Waals surface area contributed by atoms with Crippen molar-refractivity contribution in [2.24, 2.45) is 11.8 Å². The van der Waals surface area contributed by atoms with Crippen molar-refractivity contribution in [2.75, 3.05) is 37.9 Å². The molecule has 2 unspecified atom stereocenters. The molecule has 0 bridgehead atoms. The maximum atomic E-state index is 12.9. The minimum absolute atomic E-state index is 0.264. The number of rotatable bonds is 18. The van der Waals surface area contributed by atoms with Crippen LogP contribution in [-0.2, 0) is 25.2 Å². The summed E-state index contributed by atoms with van der Waals surface area (Å²) in [4.78, 5) is 25.8. The van der Waals surface area contributed by atoms with Gasteiger partial charge in [-0.2, -0.15) is 0 Å². The van der Waals surface area contributed by atoms with Crippen molar-refractivity contribution in [2.45, 2.75) is 62.3 Å². The van der Waals surface area contributed by atoms with Gasteiger partial charge in [0.2, 0.25) is 0 Å². The quantitative estimate of drug-likeness (QED) is 0.193. The van der Waals surface area contributed by atoms with Gasteiger partial charge in [-0.15, -0.1) is 0 Å². The Balaban J connectivity index is 5.53. The van der Waals surface area contributed by atoms with Crippen LogP contribution in [0.25, 0.3) is 0 Å². The summed E-state index contributed by atoms with van der Waals surface area (Å²) >= 11 is 4.57. The molecule has 0 amide bonds. The van der Waals surface area contributed by atoms with Gasteiger partial charge in [0.05, 0.1) is 0 Å². The SMILES string of the molecule is CCC[CH2][Sn]([CH2]CCC)([O]C(=O)C(CS)COCC)[O]C(=O)C(CS)COCC. The number of hydrogen-bond donors (Lipinski definition) is 2. The molecule has 0 fully saturated rings. The monoisotopic (exact) mass is 560 g/mol. The van der Waals surface area contributed by atoms with Crippen LogP contribution in [0, 0.1) is 11.8 Å². The van der Waals surface area contributed by atoms with Gasteiger partial charge in [-0.3, -0.25) is 0 Å². The molecule has 0 aromatic heterocycles. The molecular formula is C20H40O6S2Sn. The Morgan fingerprint density at radius 3 is 1.41 bits per heavy atom. The predicted molar refractivity (Wildman–Crippen MR) is 125 cm³/mol. The molecule has 0 aromatic carbocycles. The van der Waals surface area contributed by atoms with Crippen LogP contribution in [0.4, 0.5) is 0 Å². The number of thiol groups is 2. The van der Waals surface area contributed by atoms with Crippen molar-refractivity contribution < 1.29 is 25.2 Å². The van der Waals surface area contributed by atoms with E-state index in [-0.39, 0.29) is 25.2 Å². The number of ether oxygens (including phenoxy) is 2. The third-order valence-corrected chi connectivity index (χ3v) is 15.1. The Hall–Kier alpha value is 0.359. The van der Waals surface area contributed by atoms with E-state index in [4.69, 9.17) is 15.6 Å². The van der Waals surface area contributed by atoms with E-state index >= 15 is 0 Å². The second kappa shape index (κ2) is 18.0. The molecule has 0 spiro atoms. The van der Waals surface area contributed by atoms with Gasteiger partial charge >= 0.3 is 194 Å². The average molecular weight is 559 g/mol. The Labute approximate surface area is 192 Å². The first-order valence-electron chi connectivity index (χ1n) is 10.8. The van der Waals surface area contributed by atoms with Gasteiger partial charge in [-0.25, -0.2) is 0 Å². The molecule has 0 aliphatic rings. The molecule has 6 nitrogen and oxygen atoms in total. The fourth-order valence-electron chi connectivity index (χ4n) is 2.69. The molecule has 0 N–H and O–H groups in total. The van der Waals surface area contributed by atoms with Crippen molar-refractivity contribution in [1.82, 2.24) is 0 Å². The van der Waals surface area contributed by atoms with E-state index < -0.39 is 31.0 Å². The van der Waals surface area contributed by atoms with Crippen molar-refractivity contribution in [3.8, 4) is 0 Å². The van der Waals surface area contributed by atoms with E-state index in [9.17, 15) is 9.59 Å². The van der Waals surface area contributed by atoms with Crippen LogP contribution >= 0.6 is 25.3 Å². The second-order valence-electron chi connectivity index (χ2n) is 7.04. The van der Waals surface area contributed by atoms with Gasteiger partial charge in [-0.05, 0) is 0 Å². The molecule has 0 heterocycles. The summed E-state index contributed by atoms with van der Waals surface area (Å²) in [5.41, 5.74) is 0. The summed E-state index contributed by atoms with van der Waals surface area (Å²) in [6.45, 7) is 9.49. The number of hydrogen-bond acceptors (Lipinski definition) is 8. The van der Waals surface area contributed by atoms with Crippen LogP contribution in [-0.4, -0.2) is 69.1 Å². The summed E-state index contributed by atoms with van der Waals surface area (Å²) in [5, 5.41) is 0. The molecule has 0 aliphatic heterocycles. The first kappa shape index (κ1) is 29.4. The van der Waals surface area contributed by atoms with E-state index in [1.165, 1.54) is 0 Å². The molecule has 0 radical (unpaired) electrons. The Kier molecular flexibility index (Phi) is 18.2. The molecule has 9 heteroatoms. The zero-order valence-corrected chi connectivity index (χ0v) is 23.1. The van der Waals surface area contributed by atoms with Crippen LogP contribution in [0.15, 0.2) is 0 Å². The molecular weight excluding hydrogens is 519 g/mol. The van der Waals surface area contributed by atoms with Gasteiger partial charge in [0.25, 0.3) is 0 Å². The van der Waals surface area contributed by atoms with E-state index in [1.54, 1.807) is 0 Å². The van der Waals surface area contributed by atoms with Crippen LogP contribution in [0.5, 0.6) is 0 Å². The fraction of sp³-hybridized carbons (Fsp3) is 0.900. The van der Waals surface area contributed by atoms with E-state index in [2.05, 4.69) is 39.1 Å². The van der Waals surface area contributed by atoms with E-state index in [0.29, 0.717) is 33.6 Å². The van der Waals surface area contributed by atoms with Gasteiger partial charge in [0.15, 0.2) is 0 Å². The second-order valence-corrected chi connectivity index (χ2v) is 17.0. The van der Waals surface area contributed by atoms with Crippen molar-refractivity contribution in [3.63, 3.8) is 0 Å². The molecule has 0 saturated carbocycles. The maximum absolute atomic E-state index is 12.9. The van der Waals surface area contributed by atoms with Crippen molar-refractivity contribution in [3.05, 3.63) is 0 Å². The van der Waals surface area contributed by atoms with Crippen molar-refractivity contribution >= 4 is 56.4 Å². The summed E-state index contributed by atoms with van der Waals surface area (Å²) < 4.78 is 24.3. The Bertz CT molecular complexity index is 413. The standard InChI is InChI=1S/2C6H12O3S.2C4H9.Sn/c2*1-2-9-3-5(4-10)6(7)8;2*1-3-4-2;/h2*5,10H,2-4H2,1H3,(H,7,8);2*1,3-4H2,2H3;/q;;;;+2/p-2. The van der Waals surface area contributed by atoms with Crippen LogP contribution in [0.1, 0.15) is 53.4 Å². The summed E-state index contributed by atoms with van der Waals surface area (Å²) in [5.74, 6) is -0.950. The van der Waals surface area contributed by atoms with Gasteiger partial charge in [0, 0.05) is 0 Å². The molecule has 29 heavy (non-hydrogen) atoms. The summed E-state index contributed by atoms with van der Waals surface area (Å²) in [6, 6.07) is 0. The predicted octanol–water partition coefficient (Wildman–Crippen LogP) is 4.28. The van der Waals surface area contributed by atoms with Gasteiger partial charge in [-0.1, -0.05) is 0 Å². The number of carbonyl (C=O) groups excluding carboxylic acids is 2. The first-order chi connectivity index (χ1) is 13.9. The molecule has 0 saturated heterocycles. The summed E-state index contributed by atoms with van der Waals surface area (Å²) in [7, 11) is 0. The van der Waals surface area contributed by atoms with Gasteiger partial charge < -0.3 is 0 Å². The fourth-order valence-corrected chi connectivity index (χ4v) is 13.3. The summed E-state index contributed by atoms with van der Waals surface area (Å²) in [6.07, 6.45) is 3.64. The zero-order valence-electron chi connectivity index (χ0n) is 18.5.